The zero-order chi connectivity index (χ0) is 22.6. The van der Waals surface area contributed by atoms with Gasteiger partial charge in [0.2, 0.25) is 0 Å². The van der Waals surface area contributed by atoms with Crippen LogP contribution in [0.1, 0.15) is 24.1 Å². The van der Waals surface area contributed by atoms with Crippen LogP contribution < -0.4 is 10.1 Å². The summed E-state index contributed by atoms with van der Waals surface area (Å²) in [5.41, 5.74) is 5.33. The number of methoxy groups -OCH3 is 1. The number of oxime groups is 1. The fourth-order valence-electron chi connectivity index (χ4n) is 4.43. The van der Waals surface area contributed by atoms with Crippen molar-refractivity contribution in [3.05, 3.63) is 77.9 Å². The Kier molecular flexibility index (Phi) is 6.02. The van der Waals surface area contributed by atoms with Gasteiger partial charge in [-0.05, 0) is 61.2 Å². The molecule has 1 saturated heterocycles. The fourth-order valence-corrected chi connectivity index (χ4v) is 4.43. The third kappa shape index (κ3) is 4.58. The molecule has 0 amide bonds. The second-order valence-electron chi connectivity index (χ2n) is 8.43. The minimum atomic E-state index is 0.239. The average molecular weight is 444 g/mol. The van der Waals surface area contributed by atoms with E-state index in [1.807, 2.05) is 42.2 Å². The minimum absolute atomic E-state index is 0.239. The number of aromatic nitrogens is 2. The molecular formula is C26H29N5O2. The molecule has 1 fully saturated rings. The molecule has 0 bridgehead atoms. The average Bonchev–Trinajstić information content (AvgIpc) is 3.29. The van der Waals surface area contributed by atoms with Gasteiger partial charge >= 0.3 is 0 Å². The number of imidazole rings is 1. The molecule has 0 spiro atoms. The molecule has 0 saturated carbocycles. The van der Waals surface area contributed by atoms with E-state index in [0.717, 1.165) is 60.1 Å². The molecule has 2 aliphatic heterocycles. The third-order valence-electron chi connectivity index (χ3n) is 6.11. The molecule has 5 rings (SSSR count). The van der Waals surface area contributed by atoms with Crippen molar-refractivity contribution < 1.29 is 9.57 Å². The van der Waals surface area contributed by atoms with Crippen molar-refractivity contribution in [3.63, 3.8) is 0 Å². The van der Waals surface area contributed by atoms with E-state index in [1.165, 1.54) is 5.57 Å². The Balaban J connectivity index is 1.36. The molecule has 0 aliphatic carbocycles. The quantitative estimate of drug-likeness (QED) is 0.608. The van der Waals surface area contributed by atoms with Gasteiger partial charge in [0.25, 0.3) is 0 Å². The van der Waals surface area contributed by atoms with E-state index in [1.54, 1.807) is 7.11 Å². The number of amidine groups is 1. The van der Waals surface area contributed by atoms with Crippen LogP contribution in [0.25, 0.3) is 11.8 Å². The van der Waals surface area contributed by atoms with Gasteiger partial charge in [0.1, 0.15) is 12.4 Å². The Morgan fingerprint density at radius 3 is 2.88 bits per heavy atom. The van der Waals surface area contributed by atoms with Crippen LogP contribution in [-0.4, -0.2) is 53.1 Å². The Morgan fingerprint density at radius 2 is 2.09 bits per heavy atom. The summed E-state index contributed by atoms with van der Waals surface area (Å²) in [6.07, 6.45) is 8.07. The van der Waals surface area contributed by atoms with Gasteiger partial charge in [0.15, 0.2) is 5.84 Å². The number of nitrogens with one attached hydrogen (secondary N) is 1. The van der Waals surface area contributed by atoms with Crippen molar-refractivity contribution >= 4 is 17.6 Å². The van der Waals surface area contributed by atoms with E-state index in [4.69, 9.17) is 9.57 Å². The van der Waals surface area contributed by atoms with Gasteiger partial charge < -0.3 is 24.4 Å². The van der Waals surface area contributed by atoms with Crippen LogP contribution >= 0.6 is 0 Å². The molecule has 2 aliphatic rings. The summed E-state index contributed by atoms with van der Waals surface area (Å²) in [7, 11) is 1.70. The molecule has 170 valence electrons. The molecule has 3 heterocycles. The molecule has 1 atom stereocenters. The van der Waals surface area contributed by atoms with Crippen LogP contribution in [0.5, 0.6) is 5.75 Å². The Hall–Kier alpha value is -3.74. The van der Waals surface area contributed by atoms with Gasteiger partial charge in [-0.1, -0.05) is 29.4 Å². The SMILES string of the molecule is COc1cc(/C=C2\CCCN3C2=NOCC3CNc2ccccc2)ccc1-n1cnc(C)c1. The maximum absolute atomic E-state index is 5.69. The summed E-state index contributed by atoms with van der Waals surface area (Å²) in [6.45, 7) is 4.36. The van der Waals surface area contributed by atoms with Crippen molar-refractivity contribution in [2.45, 2.75) is 25.8 Å². The summed E-state index contributed by atoms with van der Waals surface area (Å²) in [4.78, 5) is 12.4. The number of aryl methyl sites for hydroxylation is 1. The van der Waals surface area contributed by atoms with Gasteiger partial charge in [-0.25, -0.2) is 4.98 Å². The standard InChI is InChI=1S/C26H29N5O2/c1-19-16-30(18-28-19)24-11-10-20(14-25(24)32-2)13-21-7-6-12-31-23(17-33-29-26(21)31)15-27-22-8-4-3-5-9-22/h3-5,8-11,13-14,16,18,23,27H,6-7,12,15,17H2,1-2H3/b21-13+. The van der Waals surface area contributed by atoms with Crippen molar-refractivity contribution in [2.24, 2.45) is 5.16 Å². The second kappa shape index (κ2) is 9.40. The Labute approximate surface area is 194 Å². The smallest absolute Gasteiger partial charge is 0.171 e. The second-order valence-corrected chi connectivity index (χ2v) is 8.43. The largest absolute Gasteiger partial charge is 0.495 e. The number of anilines is 1. The Morgan fingerprint density at radius 1 is 1.21 bits per heavy atom. The number of piperidine rings is 1. The normalized spacial score (nSPS) is 19.0. The van der Waals surface area contributed by atoms with E-state index in [2.05, 4.69) is 56.8 Å². The van der Waals surface area contributed by atoms with Crippen LogP contribution in [-0.2, 0) is 4.84 Å². The first-order valence-corrected chi connectivity index (χ1v) is 11.4. The van der Waals surface area contributed by atoms with E-state index in [9.17, 15) is 0 Å². The highest BCUT2D eigenvalue weighted by Gasteiger charge is 2.31. The van der Waals surface area contributed by atoms with Crippen LogP contribution in [0.4, 0.5) is 5.69 Å². The molecule has 3 aromatic rings. The van der Waals surface area contributed by atoms with Crippen molar-refractivity contribution in [1.82, 2.24) is 14.5 Å². The maximum Gasteiger partial charge on any atom is 0.171 e. The van der Waals surface area contributed by atoms with Crippen molar-refractivity contribution in [1.29, 1.82) is 0 Å². The lowest BCUT2D eigenvalue weighted by molar-refractivity contribution is 0.0626. The van der Waals surface area contributed by atoms with E-state index < -0.39 is 0 Å². The number of fused-ring (bicyclic) bond motifs is 1. The molecule has 1 aromatic heterocycles. The number of nitrogens with zero attached hydrogens (tertiary/aromatic N) is 4. The number of hydrogen-bond donors (Lipinski definition) is 1. The molecule has 7 heteroatoms. The predicted octanol–water partition coefficient (Wildman–Crippen LogP) is 4.49. The predicted molar refractivity (Wildman–Crippen MR) is 131 cm³/mol. The molecule has 1 N–H and O–H groups in total. The van der Waals surface area contributed by atoms with Gasteiger partial charge in [-0.15, -0.1) is 0 Å². The Bertz CT molecular complexity index is 1170. The molecule has 33 heavy (non-hydrogen) atoms. The monoisotopic (exact) mass is 443 g/mol. The number of rotatable bonds is 6. The first kappa shape index (κ1) is 21.1. The maximum atomic E-state index is 5.69. The van der Waals surface area contributed by atoms with Crippen LogP contribution in [0, 0.1) is 6.92 Å². The number of benzene rings is 2. The molecule has 1 unspecified atom stereocenters. The summed E-state index contributed by atoms with van der Waals surface area (Å²) in [5.74, 6) is 1.75. The lowest BCUT2D eigenvalue weighted by Crippen LogP contribution is -2.52. The number of ether oxygens (including phenoxy) is 1. The molecule has 0 radical (unpaired) electrons. The highest BCUT2D eigenvalue weighted by Crippen LogP contribution is 2.29. The number of hydrogen-bond acceptors (Lipinski definition) is 6. The van der Waals surface area contributed by atoms with E-state index in [0.29, 0.717) is 6.61 Å². The van der Waals surface area contributed by atoms with Gasteiger partial charge in [-0.3, -0.25) is 0 Å². The lowest BCUT2D eigenvalue weighted by Gasteiger charge is -2.40. The fraction of sp³-hybridized carbons (Fsp3) is 0.308. The van der Waals surface area contributed by atoms with Gasteiger partial charge in [0.05, 0.1) is 30.9 Å². The summed E-state index contributed by atoms with van der Waals surface area (Å²) >= 11 is 0. The van der Waals surface area contributed by atoms with E-state index >= 15 is 0 Å². The first-order chi connectivity index (χ1) is 16.2. The zero-order valence-electron chi connectivity index (χ0n) is 19.1. The van der Waals surface area contributed by atoms with Crippen LogP contribution in [0.15, 0.2) is 71.8 Å². The summed E-state index contributed by atoms with van der Waals surface area (Å²) < 4.78 is 7.67. The van der Waals surface area contributed by atoms with Crippen LogP contribution in [0.2, 0.25) is 0 Å². The summed E-state index contributed by atoms with van der Waals surface area (Å²) in [6, 6.07) is 16.8. The third-order valence-corrected chi connectivity index (χ3v) is 6.11. The van der Waals surface area contributed by atoms with E-state index in [-0.39, 0.29) is 6.04 Å². The van der Waals surface area contributed by atoms with Crippen molar-refractivity contribution in [2.75, 3.05) is 32.1 Å². The molecular weight excluding hydrogens is 414 g/mol. The molecule has 2 aromatic carbocycles. The van der Waals surface area contributed by atoms with Gasteiger partial charge in [-0.2, -0.15) is 0 Å². The first-order valence-electron chi connectivity index (χ1n) is 11.4. The van der Waals surface area contributed by atoms with Crippen molar-refractivity contribution in [3.8, 4) is 11.4 Å². The number of para-hydroxylation sites is 1. The molecule has 7 nitrogen and oxygen atoms in total. The lowest BCUT2D eigenvalue weighted by atomic mass is 9.98. The highest BCUT2D eigenvalue weighted by atomic mass is 16.6. The zero-order valence-corrected chi connectivity index (χ0v) is 19.1. The van der Waals surface area contributed by atoms with Gasteiger partial charge in [0, 0.05) is 25.0 Å². The minimum Gasteiger partial charge on any atom is -0.495 e. The van der Waals surface area contributed by atoms with Crippen LogP contribution in [0.3, 0.4) is 0 Å². The highest BCUT2D eigenvalue weighted by molar-refractivity contribution is 6.03. The topological polar surface area (TPSA) is 63.9 Å². The summed E-state index contributed by atoms with van der Waals surface area (Å²) in [5, 5.41) is 7.98.